The fourth-order valence-electron chi connectivity index (χ4n) is 2.87. The molecule has 8 heteroatoms. The molecule has 27 heavy (non-hydrogen) atoms. The monoisotopic (exact) mass is 367 g/mol. The van der Waals surface area contributed by atoms with Crippen LogP contribution in [0.5, 0.6) is 11.5 Å². The van der Waals surface area contributed by atoms with Crippen molar-refractivity contribution >= 4 is 11.1 Å². The van der Waals surface area contributed by atoms with Gasteiger partial charge in [-0.05, 0) is 29.8 Å². The van der Waals surface area contributed by atoms with E-state index in [1.807, 2.05) is 30.3 Å². The summed E-state index contributed by atoms with van der Waals surface area (Å²) in [5.74, 6) is 1.73. The summed E-state index contributed by atoms with van der Waals surface area (Å²) in [6.07, 6.45) is 0.418. The molecule has 0 spiro atoms. The van der Waals surface area contributed by atoms with Gasteiger partial charge in [-0.1, -0.05) is 17.3 Å². The maximum absolute atomic E-state index is 12.1. The number of methoxy groups -OCH3 is 2. The first kappa shape index (κ1) is 16.9. The first-order valence-electron chi connectivity index (χ1n) is 8.28. The zero-order valence-electron chi connectivity index (χ0n) is 14.8. The first-order valence-corrected chi connectivity index (χ1v) is 8.28. The molecule has 0 atom stereocenters. The molecule has 8 nitrogen and oxygen atoms in total. The van der Waals surface area contributed by atoms with Gasteiger partial charge in [-0.3, -0.25) is 4.57 Å². The van der Waals surface area contributed by atoms with Crippen LogP contribution in [0.25, 0.3) is 11.1 Å². The van der Waals surface area contributed by atoms with Gasteiger partial charge < -0.3 is 18.4 Å². The van der Waals surface area contributed by atoms with Crippen LogP contribution < -0.4 is 15.2 Å². The summed E-state index contributed by atoms with van der Waals surface area (Å²) in [6, 6.07) is 12.7. The summed E-state index contributed by atoms with van der Waals surface area (Å²) in [7, 11) is 3.19. The van der Waals surface area contributed by atoms with Gasteiger partial charge in [-0.2, -0.15) is 4.98 Å². The third-order valence-corrected chi connectivity index (χ3v) is 4.15. The molecule has 0 aliphatic heterocycles. The molecule has 4 rings (SSSR count). The second kappa shape index (κ2) is 6.99. The van der Waals surface area contributed by atoms with Crippen molar-refractivity contribution in [3.63, 3.8) is 0 Å². The Morgan fingerprint density at radius 1 is 1.07 bits per heavy atom. The van der Waals surface area contributed by atoms with Gasteiger partial charge in [0.2, 0.25) is 5.89 Å². The van der Waals surface area contributed by atoms with E-state index in [1.54, 1.807) is 26.4 Å². The Morgan fingerprint density at radius 2 is 1.81 bits per heavy atom. The topological polar surface area (TPSA) is 92.5 Å². The van der Waals surface area contributed by atoms with Gasteiger partial charge in [0.15, 0.2) is 11.4 Å². The second-order valence-corrected chi connectivity index (χ2v) is 5.92. The average molecular weight is 367 g/mol. The molecule has 0 unspecified atom stereocenters. The van der Waals surface area contributed by atoms with Crippen molar-refractivity contribution in [3.8, 4) is 11.5 Å². The lowest BCUT2D eigenvalue weighted by atomic mass is 10.1. The molecule has 4 aromatic rings. The minimum Gasteiger partial charge on any atom is -0.497 e. The summed E-state index contributed by atoms with van der Waals surface area (Å²) in [6.45, 7) is 0.167. The number of oxazole rings is 1. The molecule has 0 radical (unpaired) electrons. The van der Waals surface area contributed by atoms with Crippen molar-refractivity contribution in [2.24, 2.45) is 0 Å². The third kappa shape index (κ3) is 3.41. The van der Waals surface area contributed by atoms with Crippen LogP contribution in [0, 0.1) is 0 Å². The molecule has 2 heterocycles. The number of hydrogen-bond donors (Lipinski definition) is 0. The number of fused-ring (bicyclic) bond motifs is 1. The highest BCUT2D eigenvalue weighted by molar-refractivity contribution is 5.72. The molecular formula is C19H17N3O5. The van der Waals surface area contributed by atoms with E-state index in [0.717, 1.165) is 5.56 Å². The molecule has 0 saturated heterocycles. The van der Waals surface area contributed by atoms with Gasteiger partial charge in [-0.25, -0.2) is 4.79 Å². The molecule has 138 valence electrons. The molecule has 0 aliphatic rings. The van der Waals surface area contributed by atoms with Crippen molar-refractivity contribution in [3.05, 3.63) is 70.3 Å². The van der Waals surface area contributed by atoms with Crippen LogP contribution in [0.3, 0.4) is 0 Å². The van der Waals surface area contributed by atoms with Crippen LogP contribution in [0.4, 0.5) is 0 Å². The largest absolute Gasteiger partial charge is 0.497 e. The number of aromatic nitrogens is 3. The van der Waals surface area contributed by atoms with Gasteiger partial charge in [0.05, 0.1) is 32.7 Å². The van der Waals surface area contributed by atoms with Crippen molar-refractivity contribution in [1.29, 1.82) is 0 Å². The number of benzene rings is 2. The Morgan fingerprint density at radius 3 is 2.56 bits per heavy atom. The summed E-state index contributed by atoms with van der Waals surface area (Å²) in [4.78, 5) is 16.4. The van der Waals surface area contributed by atoms with E-state index in [0.29, 0.717) is 40.7 Å². The first-order chi connectivity index (χ1) is 13.2. The van der Waals surface area contributed by atoms with Crippen LogP contribution >= 0.6 is 0 Å². The summed E-state index contributed by atoms with van der Waals surface area (Å²) < 4.78 is 22.6. The van der Waals surface area contributed by atoms with E-state index < -0.39 is 5.76 Å². The van der Waals surface area contributed by atoms with Crippen molar-refractivity contribution in [2.45, 2.75) is 13.0 Å². The van der Waals surface area contributed by atoms with Gasteiger partial charge in [0.1, 0.15) is 11.5 Å². The molecule has 0 saturated carbocycles. The van der Waals surface area contributed by atoms with Crippen LogP contribution in [-0.4, -0.2) is 28.9 Å². The lowest BCUT2D eigenvalue weighted by Gasteiger charge is -2.06. The van der Waals surface area contributed by atoms with E-state index in [2.05, 4.69) is 10.1 Å². The Balaban J connectivity index is 1.57. The Kier molecular flexibility index (Phi) is 4.37. The van der Waals surface area contributed by atoms with Crippen LogP contribution in [0.2, 0.25) is 0 Å². The predicted octanol–water partition coefficient (Wildman–Crippen LogP) is 2.63. The van der Waals surface area contributed by atoms with Crippen LogP contribution in [-0.2, 0) is 13.0 Å². The minimum absolute atomic E-state index is 0.167. The maximum Gasteiger partial charge on any atom is 0.420 e. The van der Waals surface area contributed by atoms with E-state index in [-0.39, 0.29) is 6.54 Å². The minimum atomic E-state index is -0.458. The number of hydrogen-bond acceptors (Lipinski definition) is 7. The van der Waals surface area contributed by atoms with E-state index in [9.17, 15) is 4.79 Å². The quantitative estimate of drug-likeness (QED) is 0.517. The van der Waals surface area contributed by atoms with E-state index in [1.165, 1.54) is 4.57 Å². The fourth-order valence-corrected chi connectivity index (χ4v) is 2.87. The highest BCUT2D eigenvalue weighted by Gasteiger charge is 2.14. The standard InChI is InChI=1S/C19H17N3O5/c1-24-13-7-12(8-14(10-13)25-2)9-18-20-17(21-27-18)11-22-15-5-3-4-6-16(15)26-19(22)23/h3-8,10H,9,11H2,1-2H3. The maximum atomic E-state index is 12.1. The van der Waals surface area contributed by atoms with Gasteiger partial charge in [0, 0.05) is 6.07 Å². The lowest BCUT2D eigenvalue weighted by molar-refractivity contribution is 0.375. The number of para-hydroxylation sites is 2. The fraction of sp³-hybridized carbons (Fsp3) is 0.211. The highest BCUT2D eigenvalue weighted by atomic mass is 16.5. The Hall–Kier alpha value is -3.55. The predicted molar refractivity (Wildman–Crippen MR) is 96.2 cm³/mol. The average Bonchev–Trinajstić information content (AvgIpc) is 3.25. The SMILES string of the molecule is COc1cc(Cc2nc(Cn3c(=O)oc4ccccc43)no2)cc(OC)c1. The van der Waals surface area contributed by atoms with Crippen molar-refractivity contribution in [1.82, 2.24) is 14.7 Å². The van der Waals surface area contributed by atoms with Crippen molar-refractivity contribution < 1.29 is 18.4 Å². The number of rotatable bonds is 6. The lowest BCUT2D eigenvalue weighted by Crippen LogP contribution is -2.15. The summed E-state index contributed by atoms with van der Waals surface area (Å²) in [5.41, 5.74) is 2.12. The second-order valence-electron chi connectivity index (χ2n) is 5.92. The van der Waals surface area contributed by atoms with Crippen LogP contribution in [0.15, 0.2) is 56.2 Å². The van der Waals surface area contributed by atoms with Gasteiger partial charge >= 0.3 is 5.76 Å². The number of nitrogens with zero attached hydrogens (tertiary/aromatic N) is 3. The molecule has 0 N–H and O–H groups in total. The molecule has 0 aliphatic carbocycles. The van der Waals surface area contributed by atoms with Gasteiger partial charge in [-0.15, -0.1) is 0 Å². The molecular weight excluding hydrogens is 350 g/mol. The molecule has 2 aromatic heterocycles. The van der Waals surface area contributed by atoms with E-state index >= 15 is 0 Å². The van der Waals surface area contributed by atoms with Crippen LogP contribution in [0.1, 0.15) is 17.3 Å². The highest BCUT2D eigenvalue weighted by Crippen LogP contribution is 2.24. The van der Waals surface area contributed by atoms with Crippen molar-refractivity contribution in [2.75, 3.05) is 14.2 Å². The Bertz CT molecular complexity index is 1120. The summed E-state index contributed by atoms with van der Waals surface area (Å²) >= 11 is 0. The molecule has 0 bridgehead atoms. The number of ether oxygens (including phenoxy) is 2. The zero-order valence-corrected chi connectivity index (χ0v) is 14.8. The normalized spacial score (nSPS) is 11.0. The molecule has 2 aromatic carbocycles. The summed E-state index contributed by atoms with van der Waals surface area (Å²) in [5, 5.41) is 3.97. The Labute approximate surface area is 153 Å². The van der Waals surface area contributed by atoms with Gasteiger partial charge in [0.25, 0.3) is 0 Å². The molecule has 0 fully saturated rings. The van der Waals surface area contributed by atoms with E-state index in [4.69, 9.17) is 18.4 Å². The zero-order chi connectivity index (χ0) is 18.8. The molecule has 0 amide bonds. The smallest absolute Gasteiger partial charge is 0.420 e. The third-order valence-electron chi connectivity index (χ3n) is 4.15.